The van der Waals surface area contributed by atoms with E-state index in [0.29, 0.717) is 0 Å². The Morgan fingerprint density at radius 2 is 1.75 bits per heavy atom. The first kappa shape index (κ1) is 7.99. The smallest absolute Gasteiger partial charge is 0.324 e. The van der Waals surface area contributed by atoms with Crippen molar-refractivity contribution in [3.63, 3.8) is 0 Å². The molecule has 2 bridgehead atoms. The summed E-state index contributed by atoms with van der Waals surface area (Å²) in [5, 5.41) is 0. The molecule has 0 heterocycles. The summed E-state index contributed by atoms with van der Waals surface area (Å²) >= 11 is 0. The maximum absolute atomic E-state index is 10.7. The molecule has 3 nitrogen and oxygen atoms in total. The molecular weight excluding hydrogens is 175 g/mol. The van der Waals surface area contributed by atoms with Gasteiger partial charge < -0.3 is 9.79 Å². The number of hydrogen-bond acceptors (Lipinski definition) is 1. The van der Waals surface area contributed by atoms with Gasteiger partial charge in [-0.15, -0.1) is 0 Å². The third-order valence-electron chi connectivity index (χ3n) is 2.16. The Hall–Kier alpha value is -0.630. The van der Waals surface area contributed by atoms with Gasteiger partial charge >= 0.3 is 7.60 Å². The predicted molar refractivity (Wildman–Crippen MR) is 45.7 cm³/mol. The van der Waals surface area contributed by atoms with Crippen molar-refractivity contribution in [2.75, 3.05) is 6.16 Å². The molecule has 0 aliphatic heterocycles. The molecule has 0 fully saturated rings. The molecule has 12 heavy (non-hydrogen) atoms. The van der Waals surface area contributed by atoms with Gasteiger partial charge in [0, 0.05) is 5.92 Å². The molecule has 0 amide bonds. The lowest BCUT2D eigenvalue weighted by atomic mass is 10.1. The quantitative estimate of drug-likeness (QED) is 0.634. The van der Waals surface area contributed by atoms with Gasteiger partial charge in [-0.05, 0) is 11.1 Å². The van der Waals surface area contributed by atoms with Crippen LogP contribution in [0.15, 0.2) is 35.5 Å². The third kappa shape index (κ3) is 1.31. The average Bonchev–Trinajstić information content (AvgIpc) is 2.46. The average molecular weight is 184 g/mol. The van der Waals surface area contributed by atoms with Gasteiger partial charge in [0.25, 0.3) is 0 Å². The fourth-order valence-corrected chi connectivity index (χ4v) is 2.50. The van der Waals surface area contributed by atoms with Crippen molar-refractivity contribution in [1.82, 2.24) is 0 Å². The van der Waals surface area contributed by atoms with Crippen LogP contribution in [0.3, 0.4) is 0 Å². The second-order valence-corrected chi connectivity index (χ2v) is 4.76. The van der Waals surface area contributed by atoms with Gasteiger partial charge in [0.15, 0.2) is 0 Å². The molecule has 2 rings (SSSR count). The minimum atomic E-state index is -3.87. The van der Waals surface area contributed by atoms with E-state index in [1.165, 1.54) is 0 Å². The zero-order valence-electron chi connectivity index (χ0n) is 6.34. The normalized spacial score (nSPS) is 21.5. The van der Waals surface area contributed by atoms with E-state index >= 15 is 0 Å². The Labute approximate surface area is 70.3 Å². The van der Waals surface area contributed by atoms with E-state index in [9.17, 15) is 4.57 Å². The highest BCUT2D eigenvalue weighted by Crippen LogP contribution is 2.45. The summed E-state index contributed by atoms with van der Waals surface area (Å²) < 4.78 is 10.7. The van der Waals surface area contributed by atoms with E-state index in [2.05, 4.69) is 0 Å². The molecule has 4 heteroatoms. The van der Waals surface area contributed by atoms with Crippen LogP contribution >= 0.6 is 7.60 Å². The molecule has 0 aromatic rings. The summed E-state index contributed by atoms with van der Waals surface area (Å²) in [5.74, 6) is -0.0502. The number of allylic oxidation sites excluding steroid dienone is 6. The van der Waals surface area contributed by atoms with Crippen LogP contribution in [-0.2, 0) is 4.57 Å². The molecule has 64 valence electrons. The Kier molecular flexibility index (Phi) is 1.62. The Morgan fingerprint density at radius 1 is 1.25 bits per heavy atom. The van der Waals surface area contributed by atoms with Crippen molar-refractivity contribution in [2.24, 2.45) is 5.92 Å². The predicted octanol–water partition coefficient (Wildman–Crippen LogP) is 1.22. The molecule has 0 saturated carbocycles. The summed E-state index contributed by atoms with van der Waals surface area (Å²) in [5.41, 5.74) is 2.04. The van der Waals surface area contributed by atoms with Crippen molar-refractivity contribution in [2.45, 2.75) is 0 Å². The van der Waals surface area contributed by atoms with Crippen LogP contribution in [-0.4, -0.2) is 15.9 Å². The first-order chi connectivity index (χ1) is 5.56. The largest absolute Gasteiger partial charge is 0.326 e. The van der Waals surface area contributed by atoms with Crippen molar-refractivity contribution in [1.29, 1.82) is 0 Å². The first-order valence-corrected chi connectivity index (χ1v) is 5.50. The fourth-order valence-electron chi connectivity index (χ4n) is 1.60. The van der Waals surface area contributed by atoms with Crippen LogP contribution in [0.4, 0.5) is 0 Å². The van der Waals surface area contributed by atoms with E-state index in [4.69, 9.17) is 9.79 Å². The van der Waals surface area contributed by atoms with E-state index in [1.54, 1.807) is 0 Å². The van der Waals surface area contributed by atoms with Crippen molar-refractivity contribution >= 4 is 7.60 Å². The second kappa shape index (κ2) is 2.43. The summed E-state index contributed by atoms with van der Waals surface area (Å²) in [6.45, 7) is 0. The van der Waals surface area contributed by atoms with Crippen molar-refractivity contribution < 1.29 is 14.4 Å². The zero-order valence-corrected chi connectivity index (χ0v) is 7.24. The van der Waals surface area contributed by atoms with E-state index in [1.807, 2.05) is 24.3 Å². The fraction of sp³-hybridized carbons (Fsp3) is 0.250. The highest BCUT2D eigenvalue weighted by molar-refractivity contribution is 7.51. The highest BCUT2D eigenvalue weighted by Gasteiger charge is 2.30. The lowest BCUT2D eigenvalue weighted by Crippen LogP contribution is -2.04. The zero-order chi connectivity index (χ0) is 8.77. The molecule has 0 aromatic carbocycles. The van der Waals surface area contributed by atoms with Gasteiger partial charge in [0.05, 0.1) is 6.16 Å². The SMILES string of the molecule is O=P(O)(O)CC1C2=CC=C1C=C2. The first-order valence-electron chi connectivity index (χ1n) is 3.71. The molecule has 0 aromatic heterocycles. The molecule has 0 saturated heterocycles. The van der Waals surface area contributed by atoms with Crippen molar-refractivity contribution in [3.05, 3.63) is 35.5 Å². The second-order valence-electron chi connectivity index (χ2n) is 3.07. The van der Waals surface area contributed by atoms with Crippen LogP contribution in [0, 0.1) is 5.92 Å². The Morgan fingerprint density at radius 3 is 2.08 bits per heavy atom. The standard InChI is InChI=1S/C8H9O3P/c9-12(10,11)5-8-6-1-2-7(8)4-3-6/h1-4,8H,5H2,(H2,9,10,11). The number of fused-ring (bicyclic) bond motifs is 2. The van der Waals surface area contributed by atoms with Gasteiger partial charge in [-0.25, -0.2) is 0 Å². The summed E-state index contributed by atoms with van der Waals surface area (Å²) in [6.07, 6.45) is 7.59. The van der Waals surface area contributed by atoms with E-state index in [-0.39, 0.29) is 12.1 Å². The summed E-state index contributed by atoms with van der Waals surface area (Å²) in [6, 6.07) is 0. The van der Waals surface area contributed by atoms with Gasteiger partial charge in [-0.2, -0.15) is 0 Å². The topological polar surface area (TPSA) is 57.5 Å². The Balaban J connectivity index is 2.17. The third-order valence-corrected chi connectivity index (χ3v) is 3.00. The van der Waals surface area contributed by atoms with Crippen LogP contribution in [0.2, 0.25) is 0 Å². The van der Waals surface area contributed by atoms with Crippen molar-refractivity contribution in [3.8, 4) is 0 Å². The number of hydrogen-bond donors (Lipinski definition) is 2. The summed E-state index contributed by atoms with van der Waals surface area (Å²) in [4.78, 5) is 17.5. The van der Waals surface area contributed by atoms with Gasteiger partial charge in [0.1, 0.15) is 0 Å². The van der Waals surface area contributed by atoms with E-state index < -0.39 is 7.60 Å². The van der Waals surface area contributed by atoms with Crippen LogP contribution in [0.5, 0.6) is 0 Å². The lowest BCUT2D eigenvalue weighted by molar-refractivity contribution is 0.369. The summed E-state index contributed by atoms with van der Waals surface area (Å²) in [7, 11) is -3.87. The van der Waals surface area contributed by atoms with Gasteiger partial charge in [-0.1, -0.05) is 24.3 Å². The molecular formula is C8H9O3P. The minimum Gasteiger partial charge on any atom is -0.324 e. The van der Waals surface area contributed by atoms with Gasteiger partial charge in [0.2, 0.25) is 0 Å². The van der Waals surface area contributed by atoms with Crippen LogP contribution in [0.1, 0.15) is 0 Å². The molecule has 0 spiro atoms. The maximum Gasteiger partial charge on any atom is 0.326 e. The number of rotatable bonds is 2. The lowest BCUT2D eigenvalue weighted by Gasteiger charge is -2.11. The maximum atomic E-state index is 10.7. The molecule has 2 N–H and O–H groups in total. The monoisotopic (exact) mass is 184 g/mol. The Bertz CT molecular complexity index is 323. The molecule has 0 radical (unpaired) electrons. The molecule has 2 aliphatic carbocycles. The molecule has 2 aliphatic rings. The van der Waals surface area contributed by atoms with Crippen LogP contribution in [0.25, 0.3) is 0 Å². The molecule has 0 atom stereocenters. The van der Waals surface area contributed by atoms with E-state index in [0.717, 1.165) is 11.1 Å². The van der Waals surface area contributed by atoms with Crippen LogP contribution < -0.4 is 0 Å². The molecule has 0 unspecified atom stereocenters. The van der Waals surface area contributed by atoms with Gasteiger partial charge in [-0.3, -0.25) is 4.57 Å². The minimum absolute atomic E-state index is 0.0502. The highest BCUT2D eigenvalue weighted by atomic mass is 31.2.